The Morgan fingerprint density at radius 2 is 1.87 bits per heavy atom. The maximum absolute atomic E-state index is 11.5. The summed E-state index contributed by atoms with van der Waals surface area (Å²) in [6.07, 6.45) is -5.25. The summed E-state index contributed by atoms with van der Waals surface area (Å²) in [5, 5.41) is 8.15. The van der Waals surface area contributed by atoms with Gasteiger partial charge >= 0.3 is 12.1 Å². The smallest absolute Gasteiger partial charge is 0.411 e. The normalized spacial score (nSPS) is 12.7. The van der Waals surface area contributed by atoms with Gasteiger partial charge in [-0.2, -0.15) is 13.2 Å². The van der Waals surface area contributed by atoms with Crippen molar-refractivity contribution in [3.8, 4) is 0 Å². The summed E-state index contributed by atoms with van der Waals surface area (Å²) in [6, 6.07) is 0. The van der Waals surface area contributed by atoms with Crippen molar-refractivity contribution >= 4 is 15.8 Å². The van der Waals surface area contributed by atoms with Crippen molar-refractivity contribution in [2.75, 3.05) is 18.3 Å². The van der Waals surface area contributed by atoms with Crippen LogP contribution in [0.3, 0.4) is 0 Å². The van der Waals surface area contributed by atoms with Crippen LogP contribution in [0.1, 0.15) is 6.42 Å². The molecule has 1 N–H and O–H groups in total. The van der Waals surface area contributed by atoms with Crippen LogP contribution in [0.15, 0.2) is 0 Å². The molecule has 0 atom stereocenters. The van der Waals surface area contributed by atoms with E-state index in [1.165, 1.54) is 0 Å². The molecule has 0 aliphatic carbocycles. The van der Waals surface area contributed by atoms with Crippen molar-refractivity contribution < 1.29 is 36.2 Å². The monoisotopic (exact) mass is 250 g/mol. The molecule has 15 heavy (non-hydrogen) atoms. The van der Waals surface area contributed by atoms with E-state index >= 15 is 0 Å². The van der Waals surface area contributed by atoms with Crippen LogP contribution in [0.2, 0.25) is 0 Å². The van der Waals surface area contributed by atoms with Crippen molar-refractivity contribution in [2.45, 2.75) is 12.6 Å². The summed E-state index contributed by atoms with van der Waals surface area (Å²) in [7, 11) is -3.90. The van der Waals surface area contributed by atoms with Gasteiger partial charge in [0.25, 0.3) is 0 Å². The van der Waals surface area contributed by atoms with E-state index in [1.807, 2.05) is 0 Å². The lowest BCUT2D eigenvalue weighted by molar-refractivity contribution is -0.169. The minimum Gasteiger partial charge on any atom is -0.481 e. The Kier molecular flexibility index (Phi) is 5.01. The highest BCUT2D eigenvalue weighted by Gasteiger charge is 2.28. The van der Waals surface area contributed by atoms with Gasteiger partial charge in [0.05, 0.1) is 12.2 Å². The number of halogens is 3. The van der Waals surface area contributed by atoms with Crippen LogP contribution in [0.4, 0.5) is 13.2 Å². The van der Waals surface area contributed by atoms with E-state index < -0.39 is 46.7 Å². The minimum absolute atomic E-state index is 0.655. The summed E-state index contributed by atoms with van der Waals surface area (Å²) in [5.41, 5.74) is 0. The molecule has 0 saturated carbocycles. The SMILES string of the molecule is O=C(O)CCS(=O)(=O)COCC(F)(F)F. The van der Waals surface area contributed by atoms with Crippen molar-refractivity contribution in [1.82, 2.24) is 0 Å². The third kappa shape index (κ3) is 9.47. The Bertz CT molecular complexity index is 307. The zero-order valence-corrected chi connectivity index (χ0v) is 8.27. The molecule has 0 fully saturated rings. The predicted octanol–water partition coefficient (Wildman–Crippen LogP) is 0.412. The quantitative estimate of drug-likeness (QED) is 0.738. The van der Waals surface area contributed by atoms with Crippen LogP contribution in [-0.4, -0.2) is 44.0 Å². The fourth-order valence-corrected chi connectivity index (χ4v) is 1.53. The van der Waals surface area contributed by atoms with Gasteiger partial charge in [0.15, 0.2) is 9.84 Å². The highest BCUT2D eigenvalue weighted by molar-refractivity contribution is 7.91. The van der Waals surface area contributed by atoms with Crippen molar-refractivity contribution in [1.29, 1.82) is 0 Å². The third-order valence-corrected chi connectivity index (χ3v) is 2.51. The van der Waals surface area contributed by atoms with Crippen molar-refractivity contribution in [2.24, 2.45) is 0 Å². The molecular weight excluding hydrogens is 241 g/mol. The van der Waals surface area contributed by atoms with Gasteiger partial charge in [-0.3, -0.25) is 4.79 Å². The summed E-state index contributed by atoms with van der Waals surface area (Å²) < 4.78 is 60.2. The average molecular weight is 250 g/mol. The fourth-order valence-electron chi connectivity index (χ4n) is 0.586. The molecule has 5 nitrogen and oxygen atoms in total. The molecule has 0 aliphatic rings. The topological polar surface area (TPSA) is 80.7 Å². The molecule has 0 saturated heterocycles. The molecule has 0 rings (SSSR count). The summed E-state index contributed by atoms with van der Waals surface area (Å²) >= 11 is 0. The maximum Gasteiger partial charge on any atom is 0.411 e. The Morgan fingerprint density at radius 1 is 1.33 bits per heavy atom. The molecule has 0 aromatic rings. The molecule has 0 aromatic carbocycles. The molecule has 0 spiro atoms. The van der Waals surface area contributed by atoms with Crippen LogP contribution in [-0.2, 0) is 19.4 Å². The Hall–Kier alpha value is -0.830. The second-order valence-corrected chi connectivity index (χ2v) is 4.80. The molecule has 0 radical (unpaired) electrons. The average Bonchev–Trinajstić information content (AvgIpc) is 1.98. The summed E-state index contributed by atoms with van der Waals surface area (Å²) in [5.74, 6) is -3.20. The molecule has 0 aliphatic heterocycles. The van der Waals surface area contributed by atoms with Gasteiger partial charge in [0.2, 0.25) is 0 Å². The van der Waals surface area contributed by atoms with Crippen LogP contribution in [0.25, 0.3) is 0 Å². The molecule has 90 valence electrons. The zero-order chi connectivity index (χ0) is 12.1. The number of carboxylic acids is 1. The van der Waals surface area contributed by atoms with Crippen LogP contribution >= 0.6 is 0 Å². The highest BCUT2D eigenvalue weighted by Crippen LogP contribution is 2.14. The number of ether oxygens (including phenoxy) is 1. The van der Waals surface area contributed by atoms with E-state index in [0.29, 0.717) is 0 Å². The first kappa shape index (κ1) is 14.2. The van der Waals surface area contributed by atoms with E-state index in [-0.39, 0.29) is 0 Å². The van der Waals surface area contributed by atoms with Gasteiger partial charge in [0, 0.05) is 0 Å². The van der Waals surface area contributed by atoms with Crippen molar-refractivity contribution in [3.05, 3.63) is 0 Å². The molecule has 0 aromatic heterocycles. The first-order valence-corrected chi connectivity index (χ1v) is 5.51. The van der Waals surface area contributed by atoms with Gasteiger partial charge in [0.1, 0.15) is 12.5 Å². The first-order valence-electron chi connectivity index (χ1n) is 3.69. The maximum atomic E-state index is 11.5. The number of alkyl halides is 3. The number of rotatable bonds is 6. The second kappa shape index (κ2) is 5.31. The number of hydrogen-bond donors (Lipinski definition) is 1. The number of sulfone groups is 1. The lowest BCUT2D eigenvalue weighted by Crippen LogP contribution is -2.22. The number of aliphatic carboxylic acids is 1. The molecule has 0 heterocycles. The fraction of sp³-hybridized carbons (Fsp3) is 0.833. The van der Waals surface area contributed by atoms with E-state index in [4.69, 9.17) is 5.11 Å². The highest BCUT2D eigenvalue weighted by atomic mass is 32.2. The summed E-state index contributed by atoms with van der Waals surface area (Å²) in [6.45, 7) is -1.67. The second-order valence-electron chi connectivity index (χ2n) is 2.67. The van der Waals surface area contributed by atoms with Crippen molar-refractivity contribution in [3.63, 3.8) is 0 Å². The number of hydrogen-bond acceptors (Lipinski definition) is 4. The predicted molar refractivity (Wildman–Crippen MR) is 42.9 cm³/mol. The zero-order valence-electron chi connectivity index (χ0n) is 7.45. The van der Waals surface area contributed by atoms with Gasteiger partial charge in [-0.25, -0.2) is 8.42 Å². The number of carboxylic acid groups (broad SMARTS) is 1. The first-order chi connectivity index (χ1) is 6.62. The molecule has 0 unspecified atom stereocenters. The molecule has 9 heteroatoms. The lowest BCUT2D eigenvalue weighted by Gasteiger charge is -2.07. The molecule has 0 amide bonds. The van der Waals surface area contributed by atoms with Gasteiger partial charge in [-0.05, 0) is 0 Å². The largest absolute Gasteiger partial charge is 0.481 e. The van der Waals surface area contributed by atoms with Gasteiger partial charge in [-0.15, -0.1) is 0 Å². The van der Waals surface area contributed by atoms with Crippen LogP contribution < -0.4 is 0 Å². The van der Waals surface area contributed by atoms with Gasteiger partial charge < -0.3 is 9.84 Å². The van der Waals surface area contributed by atoms with Crippen LogP contribution in [0.5, 0.6) is 0 Å². The molecular formula is C6H9F3O5S. The number of carbonyl (C=O) groups is 1. The lowest BCUT2D eigenvalue weighted by atomic mass is 10.5. The standard InChI is InChI=1S/C6H9F3O5S/c7-6(8,9)3-14-4-15(12,13)2-1-5(10)11/h1-4H2,(H,10,11). The Balaban J connectivity index is 3.90. The van der Waals surface area contributed by atoms with E-state index in [2.05, 4.69) is 4.74 Å². The minimum atomic E-state index is -4.59. The Labute approximate surface area is 83.8 Å². The van der Waals surface area contributed by atoms with E-state index in [0.717, 1.165) is 0 Å². The van der Waals surface area contributed by atoms with Gasteiger partial charge in [-0.1, -0.05) is 0 Å². The summed E-state index contributed by atoms with van der Waals surface area (Å²) in [4.78, 5) is 9.99. The molecule has 0 bridgehead atoms. The van der Waals surface area contributed by atoms with Crippen LogP contribution in [0, 0.1) is 0 Å². The van der Waals surface area contributed by atoms with E-state index in [1.54, 1.807) is 0 Å². The third-order valence-electron chi connectivity index (χ3n) is 1.16. The van der Waals surface area contributed by atoms with E-state index in [9.17, 15) is 26.4 Å². The Morgan fingerprint density at radius 3 is 2.27 bits per heavy atom.